The summed E-state index contributed by atoms with van der Waals surface area (Å²) in [4.78, 5) is 18.4. The number of hydrogen-bond acceptors (Lipinski definition) is 13. The zero-order valence-corrected chi connectivity index (χ0v) is 37.9. The molecule has 0 fully saturated rings. The Balaban J connectivity index is 0.000000149. The average molecular weight is 909 g/mol. The fourth-order valence-corrected chi connectivity index (χ4v) is 8.48. The van der Waals surface area contributed by atoms with Crippen LogP contribution in [0.4, 0.5) is 4.39 Å². The van der Waals surface area contributed by atoms with Crippen LogP contribution in [-0.2, 0) is 37.2 Å². The quantitative estimate of drug-likeness (QED) is 0.127. The molecule has 18 heteroatoms. The van der Waals surface area contributed by atoms with Crippen molar-refractivity contribution in [2.24, 2.45) is 0 Å². The van der Waals surface area contributed by atoms with Gasteiger partial charge in [0.25, 0.3) is 5.89 Å². The van der Waals surface area contributed by atoms with E-state index in [2.05, 4.69) is 87.7 Å². The van der Waals surface area contributed by atoms with E-state index >= 15 is 0 Å². The van der Waals surface area contributed by atoms with Crippen LogP contribution in [0.3, 0.4) is 0 Å². The van der Waals surface area contributed by atoms with Gasteiger partial charge in [0, 0.05) is 37.2 Å². The molecule has 0 radical (unpaired) electrons. The highest BCUT2D eigenvalue weighted by Crippen LogP contribution is 2.36. The minimum absolute atomic E-state index is 0.0974. The summed E-state index contributed by atoms with van der Waals surface area (Å²) in [6.07, 6.45) is 5.25. The lowest BCUT2D eigenvalue weighted by atomic mass is 10.1. The number of imidazole rings is 2. The van der Waals surface area contributed by atoms with E-state index in [9.17, 15) is 4.39 Å². The van der Waals surface area contributed by atoms with Crippen molar-refractivity contribution in [2.45, 2.75) is 78.9 Å². The maximum Gasteiger partial charge on any atom is 0.278 e. The first-order valence-electron chi connectivity index (χ1n) is 22.4. The molecule has 0 saturated carbocycles. The van der Waals surface area contributed by atoms with Crippen LogP contribution in [-0.4, -0.2) is 69.4 Å². The van der Waals surface area contributed by atoms with Crippen LogP contribution in [0.25, 0.3) is 45.9 Å². The number of nitrogens with zero attached hydrogens (tertiary/aromatic N) is 14. The monoisotopic (exact) mass is 908 g/mol. The molecule has 2 aliphatic heterocycles. The van der Waals surface area contributed by atoms with Gasteiger partial charge in [-0.15, -0.1) is 10.2 Å². The second-order valence-electron chi connectivity index (χ2n) is 17.5. The van der Waals surface area contributed by atoms with Crippen LogP contribution >= 0.6 is 0 Å². The Morgan fingerprint density at radius 1 is 0.618 bits per heavy atom. The molecule has 0 N–H and O–H groups in total. The number of rotatable bonds is 10. The first-order chi connectivity index (χ1) is 33.2. The highest BCUT2D eigenvalue weighted by molar-refractivity contribution is 5.64. The number of fused-ring (bicyclic) bond motifs is 10. The van der Waals surface area contributed by atoms with Gasteiger partial charge in [0.1, 0.15) is 29.9 Å². The summed E-state index contributed by atoms with van der Waals surface area (Å²) in [6, 6.07) is 31.2. The van der Waals surface area contributed by atoms with Crippen LogP contribution < -0.4 is 0 Å². The van der Waals surface area contributed by atoms with Crippen molar-refractivity contribution < 1.29 is 18.2 Å². The molecule has 0 bridgehead atoms. The first-order valence-corrected chi connectivity index (χ1v) is 22.4. The molecule has 0 spiro atoms. The fourth-order valence-electron chi connectivity index (χ4n) is 8.48. The summed E-state index contributed by atoms with van der Waals surface area (Å²) >= 11 is 0. The summed E-state index contributed by atoms with van der Waals surface area (Å²) in [5, 5.41) is 26.2. The summed E-state index contributed by atoms with van der Waals surface area (Å²) in [7, 11) is 0. The van der Waals surface area contributed by atoms with E-state index in [4.69, 9.17) is 18.8 Å². The van der Waals surface area contributed by atoms with E-state index in [1.807, 2.05) is 91.8 Å². The van der Waals surface area contributed by atoms with Crippen molar-refractivity contribution in [2.75, 3.05) is 0 Å². The molecule has 340 valence electrons. The van der Waals surface area contributed by atoms with Crippen molar-refractivity contribution in [3.05, 3.63) is 178 Å². The lowest BCUT2D eigenvalue weighted by Crippen LogP contribution is -2.05. The average Bonchev–Trinajstić information content (AvgIpc) is 4.22. The van der Waals surface area contributed by atoms with Crippen molar-refractivity contribution in [3.8, 4) is 45.9 Å². The van der Waals surface area contributed by atoms with Crippen LogP contribution in [0.1, 0.15) is 102 Å². The normalized spacial score (nSPS) is 12.4. The van der Waals surface area contributed by atoms with Gasteiger partial charge in [-0.1, -0.05) is 115 Å². The SMILES string of the molecule is CC(C)c1nc(-c2ncn3c2Cc2c(COCc4ccccc4)nnn2-c2cc(F)ccc2-3)no1.Cc1ccc2c(c1)-n1nnc(Cc3ccccc3)c1Cc1c(-c3nc(C(C)C)no3)ncn1-2. The minimum Gasteiger partial charge on any atom is -0.370 e. The number of aromatic nitrogens is 14. The highest BCUT2D eigenvalue weighted by Gasteiger charge is 2.31. The molecule has 17 nitrogen and oxygen atoms in total. The van der Waals surface area contributed by atoms with Gasteiger partial charge in [-0.3, -0.25) is 9.13 Å². The largest absolute Gasteiger partial charge is 0.370 e. The molecule has 6 aromatic heterocycles. The van der Waals surface area contributed by atoms with Crippen molar-refractivity contribution in [1.82, 2.24) is 69.4 Å². The molecular weight excluding hydrogens is 864 g/mol. The zero-order valence-electron chi connectivity index (χ0n) is 37.9. The van der Waals surface area contributed by atoms with Crippen LogP contribution in [0, 0.1) is 12.7 Å². The third kappa shape index (κ3) is 7.87. The summed E-state index contributed by atoms with van der Waals surface area (Å²) < 4.78 is 38.9. The van der Waals surface area contributed by atoms with E-state index < -0.39 is 0 Å². The van der Waals surface area contributed by atoms with Gasteiger partial charge >= 0.3 is 0 Å². The summed E-state index contributed by atoms with van der Waals surface area (Å²) in [5.41, 5.74) is 13.2. The van der Waals surface area contributed by atoms with Gasteiger partial charge < -0.3 is 13.8 Å². The first kappa shape index (κ1) is 42.4. The van der Waals surface area contributed by atoms with Crippen molar-refractivity contribution >= 4 is 0 Å². The Bertz CT molecular complexity index is 3420. The van der Waals surface area contributed by atoms with Gasteiger partial charge in [0.15, 0.2) is 11.5 Å². The number of hydrogen-bond donors (Lipinski definition) is 0. The molecular formula is C50H45FN14O3. The molecule has 0 unspecified atom stereocenters. The molecule has 0 aliphatic carbocycles. The predicted octanol–water partition coefficient (Wildman–Crippen LogP) is 8.82. The van der Waals surface area contributed by atoms with E-state index in [0.717, 1.165) is 56.7 Å². The Labute approximate surface area is 389 Å². The minimum atomic E-state index is -0.365. The third-order valence-electron chi connectivity index (χ3n) is 12.0. The number of ether oxygens (including phenoxy) is 1. The second kappa shape index (κ2) is 17.5. The smallest absolute Gasteiger partial charge is 0.278 e. The van der Waals surface area contributed by atoms with Crippen LogP contribution in [0.5, 0.6) is 0 Å². The Kier molecular flexibility index (Phi) is 10.9. The van der Waals surface area contributed by atoms with Crippen molar-refractivity contribution in [3.63, 3.8) is 0 Å². The molecule has 4 aromatic carbocycles. The molecule has 68 heavy (non-hydrogen) atoms. The second-order valence-corrected chi connectivity index (χ2v) is 17.5. The Morgan fingerprint density at radius 3 is 1.93 bits per heavy atom. The number of benzene rings is 4. The Hall–Kier alpha value is -8.25. The molecule has 10 aromatic rings. The lowest BCUT2D eigenvalue weighted by molar-refractivity contribution is 0.104. The van der Waals surface area contributed by atoms with Gasteiger partial charge in [-0.2, -0.15) is 9.97 Å². The standard InChI is InChI=1S/C25H22FN7O2.C25H23N7O/c1-15(2)25-28-24(30-35-25)23-22-11-20-18(13-34-12-16-6-4-3-5-7-16)29-31-33(20)21-10-17(26)8-9-19(21)32(22)14-27-23;1-15(2)24-27-25(33-29-24)23-22-13-20-18(12-17-7-5-4-6-8-17)28-30-32(20)21-11-16(3)9-10-19(21)31(22)14-26-23/h3-10,14-15H,11-13H2,1-2H3;4-11,14-15H,12-13H2,1-3H3. The van der Waals surface area contributed by atoms with E-state index in [1.54, 1.807) is 17.1 Å². The molecule has 0 atom stereocenters. The predicted molar refractivity (Wildman–Crippen MR) is 246 cm³/mol. The number of halogens is 1. The van der Waals surface area contributed by atoms with Crippen molar-refractivity contribution in [1.29, 1.82) is 0 Å². The fraction of sp³-hybridized carbons (Fsp3) is 0.240. The van der Waals surface area contributed by atoms with Gasteiger partial charge in [0.2, 0.25) is 11.7 Å². The number of aryl methyl sites for hydroxylation is 1. The zero-order chi connectivity index (χ0) is 46.5. The molecule has 12 rings (SSSR count). The highest BCUT2D eigenvalue weighted by atomic mass is 19.1. The van der Waals surface area contributed by atoms with Crippen LogP contribution in [0.2, 0.25) is 0 Å². The topological polar surface area (TPSA) is 184 Å². The van der Waals surface area contributed by atoms with E-state index in [-0.39, 0.29) is 24.3 Å². The van der Waals surface area contributed by atoms with Crippen LogP contribution in [0.15, 0.2) is 119 Å². The van der Waals surface area contributed by atoms with E-state index in [1.165, 1.54) is 17.7 Å². The molecule has 8 heterocycles. The molecule has 0 saturated heterocycles. The van der Waals surface area contributed by atoms with E-state index in [0.29, 0.717) is 72.1 Å². The van der Waals surface area contributed by atoms with Gasteiger partial charge in [0.05, 0.1) is 64.4 Å². The maximum absolute atomic E-state index is 14.3. The van der Waals surface area contributed by atoms with Gasteiger partial charge in [-0.05, 0) is 47.9 Å². The lowest BCUT2D eigenvalue weighted by Gasteiger charge is -2.10. The third-order valence-corrected chi connectivity index (χ3v) is 12.0. The van der Waals surface area contributed by atoms with Gasteiger partial charge in [-0.25, -0.2) is 23.7 Å². The molecule has 0 amide bonds. The molecule has 2 aliphatic rings. The Morgan fingerprint density at radius 2 is 1.25 bits per heavy atom. The maximum atomic E-state index is 14.3. The summed E-state index contributed by atoms with van der Waals surface area (Å²) in [5.74, 6) is 1.97. The summed E-state index contributed by atoms with van der Waals surface area (Å²) in [6.45, 7) is 10.9.